The van der Waals surface area contributed by atoms with E-state index in [1.165, 1.54) is 26.0 Å². The minimum Gasteiger partial charge on any atom is -0.455 e. The van der Waals surface area contributed by atoms with Crippen LogP contribution < -0.4 is 29.6 Å². The van der Waals surface area contributed by atoms with Crippen LogP contribution in [0.1, 0.15) is 64.7 Å². The molecule has 9 atom stereocenters. The average molecular weight is 610 g/mol. The number of hydrogen-bond acceptors (Lipinski definition) is 11. The maximum absolute atomic E-state index is 14.8. The first-order valence-electron chi connectivity index (χ1n) is 14.1. The summed E-state index contributed by atoms with van der Waals surface area (Å²) in [5.74, 6) is -4.41. The van der Waals surface area contributed by atoms with Gasteiger partial charge in [-0.2, -0.15) is 0 Å². The van der Waals surface area contributed by atoms with E-state index in [-0.39, 0.29) is 60.1 Å². The van der Waals surface area contributed by atoms with Crippen molar-refractivity contribution in [3.05, 3.63) is 47.0 Å². The predicted octanol–water partition coefficient (Wildman–Crippen LogP) is -1.34. The van der Waals surface area contributed by atoms with Gasteiger partial charge in [0.15, 0.2) is 17.5 Å². The molecule has 0 amide bonds. The van der Waals surface area contributed by atoms with Crippen molar-refractivity contribution in [2.45, 2.75) is 96.1 Å². The van der Waals surface area contributed by atoms with Gasteiger partial charge in [-0.25, -0.2) is 4.79 Å². The topological polar surface area (TPSA) is 166 Å². The Morgan fingerprint density at radius 2 is 1.63 bits per heavy atom. The van der Waals surface area contributed by atoms with Crippen molar-refractivity contribution in [1.29, 1.82) is 0 Å². The van der Waals surface area contributed by atoms with Crippen molar-refractivity contribution in [2.75, 3.05) is 6.61 Å². The number of hydrogen-bond donors (Lipinski definition) is 3. The van der Waals surface area contributed by atoms with Gasteiger partial charge in [0.25, 0.3) is 0 Å². The third-order valence-corrected chi connectivity index (χ3v) is 10.2. The first-order chi connectivity index (χ1) is 19.5. The second-order valence-electron chi connectivity index (χ2n) is 12.8. The Morgan fingerprint density at radius 3 is 2.16 bits per heavy atom. The maximum Gasteiger partial charge on any atom is 1.00 e. The Kier molecular flexibility index (Phi) is 8.91. The van der Waals surface area contributed by atoms with Crippen LogP contribution >= 0.6 is 0 Å². The van der Waals surface area contributed by atoms with E-state index in [0.717, 1.165) is 6.92 Å². The summed E-state index contributed by atoms with van der Waals surface area (Å²) < 4.78 is 23.5. The Balaban J connectivity index is 0.00000423. The van der Waals surface area contributed by atoms with E-state index in [9.17, 15) is 34.5 Å². The number of benzene rings is 1. The Hall–Kier alpha value is -2.12. The molecule has 3 aliphatic carbocycles. The molecule has 1 aromatic carbocycles. The molecule has 1 heterocycles. The van der Waals surface area contributed by atoms with Crippen molar-refractivity contribution in [1.82, 2.24) is 0 Å². The number of carbonyl (C=O) groups is 4. The minimum atomic E-state index is -2.11. The third kappa shape index (κ3) is 4.83. The summed E-state index contributed by atoms with van der Waals surface area (Å²) in [5, 5.41) is 35.8. The Labute approximate surface area is 272 Å². The minimum absolute atomic E-state index is 0. The fourth-order valence-corrected chi connectivity index (χ4v) is 7.91. The van der Waals surface area contributed by atoms with Crippen molar-refractivity contribution in [2.24, 2.45) is 16.7 Å². The summed E-state index contributed by atoms with van der Waals surface area (Å²) in [5.41, 5.74) is -6.38. The number of esters is 3. The smallest absolute Gasteiger partial charge is 0.455 e. The first-order valence-corrected chi connectivity index (χ1v) is 14.1. The standard InChI is InChI=1S/C31H38O11.Na/c1-15-19(34)13-31(38)26(41-27(37)18-10-8-7-9-11-18)24-29(6,20(35)12-21-30(24,14-39-21)42-17(3)33)25(36)23(40-16(2)32)22(15)28(31,4)5;/h7-11,19-21,23-24,26,34-35,38H,12-14H2,1-6H3;/q;+1/t19-,20-,21+,23+,24?,26-,29+,30-,31+;/m0./s1. The Bertz CT molecular complexity index is 1360. The van der Waals surface area contributed by atoms with Crippen LogP contribution in [0, 0.1) is 16.7 Å². The van der Waals surface area contributed by atoms with E-state index in [1.807, 2.05) is 0 Å². The number of rotatable bonds is 4. The summed E-state index contributed by atoms with van der Waals surface area (Å²) >= 11 is 0. The van der Waals surface area contributed by atoms with E-state index >= 15 is 0 Å². The largest absolute Gasteiger partial charge is 1.00 e. The molecule has 2 bridgehead atoms. The molecule has 11 nitrogen and oxygen atoms in total. The molecule has 4 aliphatic rings. The quantitative estimate of drug-likeness (QED) is 0.160. The normalized spacial score (nSPS) is 39.4. The molecule has 12 heteroatoms. The average Bonchev–Trinajstić information content (AvgIpc) is 2.90. The molecule has 3 fully saturated rings. The van der Waals surface area contributed by atoms with Gasteiger partial charge in [0, 0.05) is 32.1 Å². The van der Waals surface area contributed by atoms with Gasteiger partial charge in [0.1, 0.15) is 17.8 Å². The van der Waals surface area contributed by atoms with Crippen LogP contribution in [-0.4, -0.2) is 87.3 Å². The number of ketones is 1. The number of aliphatic hydroxyl groups is 3. The second kappa shape index (κ2) is 11.3. The van der Waals surface area contributed by atoms with Crippen molar-refractivity contribution in [3.8, 4) is 0 Å². The molecule has 228 valence electrons. The fraction of sp³-hybridized carbons (Fsp3) is 0.613. The van der Waals surface area contributed by atoms with Gasteiger partial charge >= 0.3 is 47.5 Å². The number of ether oxygens (including phenoxy) is 4. The molecule has 5 rings (SSSR count). The van der Waals surface area contributed by atoms with Crippen LogP contribution in [0.3, 0.4) is 0 Å². The van der Waals surface area contributed by atoms with Crippen molar-refractivity contribution < 1.29 is 83.0 Å². The molecule has 2 saturated carbocycles. The van der Waals surface area contributed by atoms with Crippen LogP contribution in [-0.2, 0) is 33.3 Å². The molecule has 0 aromatic heterocycles. The zero-order valence-electron chi connectivity index (χ0n) is 25.6. The monoisotopic (exact) mass is 609 g/mol. The summed E-state index contributed by atoms with van der Waals surface area (Å²) in [7, 11) is 0. The summed E-state index contributed by atoms with van der Waals surface area (Å²) in [6.45, 7) is 8.42. The molecule has 0 radical (unpaired) electrons. The molecular weight excluding hydrogens is 571 g/mol. The molecule has 1 aliphatic heterocycles. The second-order valence-corrected chi connectivity index (χ2v) is 12.8. The van der Waals surface area contributed by atoms with E-state index in [2.05, 4.69) is 0 Å². The van der Waals surface area contributed by atoms with E-state index in [4.69, 9.17) is 18.9 Å². The van der Waals surface area contributed by atoms with E-state index in [1.54, 1.807) is 39.0 Å². The molecule has 0 spiro atoms. The van der Waals surface area contributed by atoms with Gasteiger partial charge in [-0.3, -0.25) is 14.4 Å². The van der Waals surface area contributed by atoms with Gasteiger partial charge < -0.3 is 34.3 Å². The van der Waals surface area contributed by atoms with Gasteiger partial charge in [-0.05, 0) is 37.1 Å². The van der Waals surface area contributed by atoms with Crippen LogP contribution in [0.2, 0.25) is 0 Å². The maximum atomic E-state index is 14.8. The van der Waals surface area contributed by atoms with E-state index < -0.39 is 82.2 Å². The predicted molar refractivity (Wildman–Crippen MR) is 145 cm³/mol. The molecule has 3 N–H and O–H groups in total. The summed E-state index contributed by atoms with van der Waals surface area (Å²) in [6.07, 6.45) is -7.27. The first kappa shape index (κ1) is 33.8. The number of fused-ring (bicyclic) bond motifs is 5. The molecule has 1 saturated heterocycles. The van der Waals surface area contributed by atoms with Crippen LogP contribution in [0.4, 0.5) is 0 Å². The van der Waals surface area contributed by atoms with Crippen LogP contribution in [0.25, 0.3) is 0 Å². The number of Topliss-reactive ketones (excluding diaryl/α,β-unsaturated/α-hetero) is 1. The summed E-state index contributed by atoms with van der Waals surface area (Å²) in [4.78, 5) is 53.4. The zero-order chi connectivity index (χ0) is 31.0. The van der Waals surface area contributed by atoms with E-state index in [0.29, 0.717) is 5.57 Å². The molecule has 43 heavy (non-hydrogen) atoms. The van der Waals surface area contributed by atoms with Crippen molar-refractivity contribution in [3.63, 3.8) is 0 Å². The molecule has 1 aromatic rings. The van der Waals surface area contributed by atoms with Gasteiger partial charge in [-0.15, -0.1) is 0 Å². The van der Waals surface area contributed by atoms with Gasteiger partial charge in [0.2, 0.25) is 0 Å². The molecular formula is C31H38NaO11+. The SMILES string of the molecule is CC(=O)O[C@H]1C(=O)[C@@]2(C)C([C@H](OC(=O)c3ccccc3)[C@]3(O)C[C@H](O)C(C)=C1C3(C)C)[C@]1(OC(C)=O)CO[C@@H]1C[C@@H]2O.[Na+]. The zero-order valence-corrected chi connectivity index (χ0v) is 27.6. The summed E-state index contributed by atoms with van der Waals surface area (Å²) in [6, 6.07) is 8.05. The molecule has 1 unspecified atom stereocenters. The number of carbonyl (C=O) groups excluding carboxylic acids is 4. The fourth-order valence-electron chi connectivity index (χ4n) is 7.91. The van der Waals surface area contributed by atoms with Gasteiger partial charge in [-0.1, -0.05) is 32.0 Å². The van der Waals surface area contributed by atoms with Crippen LogP contribution in [0.5, 0.6) is 0 Å². The number of aliphatic hydroxyl groups excluding tert-OH is 2. The third-order valence-electron chi connectivity index (χ3n) is 10.2. The Morgan fingerprint density at radius 1 is 1.00 bits per heavy atom. The van der Waals surface area contributed by atoms with Crippen molar-refractivity contribution >= 4 is 23.7 Å². The van der Waals surface area contributed by atoms with Crippen LogP contribution in [0.15, 0.2) is 41.5 Å². The van der Waals surface area contributed by atoms with Gasteiger partial charge in [0.05, 0.1) is 35.7 Å².